The van der Waals surface area contributed by atoms with Gasteiger partial charge in [-0.05, 0) is 25.0 Å². The lowest BCUT2D eigenvalue weighted by molar-refractivity contribution is 0.0689. The summed E-state index contributed by atoms with van der Waals surface area (Å²) >= 11 is 0. The molecule has 2 rings (SSSR count). The van der Waals surface area contributed by atoms with Crippen molar-refractivity contribution in [3.63, 3.8) is 0 Å². The van der Waals surface area contributed by atoms with E-state index in [-0.39, 0.29) is 11.7 Å². The van der Waals surface area contributed by atoms with E-state index in [2.05, 4.69) is 16.1 Å². The number of anilines is 1. The van der Waals surface area contributed by atoms with Crippen molar-refractivity contribution in [1.29, 1.82) is 0 Å². The fourth-order valence-corrected chi connectivity index (χ4v) is 1.81. The second-order valence-electron chi connectivity index (χ2n) is 3.60. The second kappa shape index (κ2) is 4.19. The second-order valence-corrected chi connectivity index (χ2v) is 3.60. The van der Waals surface area contributed by atoms with Gasteiger partial charge >= 0.3 is 5.97 Å². The lowest BCUT2D eigenvalue weighted by Gasteiger charge is -2.20. The first-order valence-electron chi connectivity index (χ1n) is 5.02. The Morgan fingerprint density at radius 1 is 1.56 bits per heavy atom. The molecule has 5 nitrogen and oxygen atoms in total. The zero-order chi connectivity index (χ0) is 11.5. The Balaban J connectivity index is 2.22. The maximum Gasteiger partial charge on any atom is 0.356 e. The van der Waals surface area contributed by atoms with Crippen LogP contribution in [-0.2, 0) is 0 Å². The molecule has 1 aromatic heterocycles. The Kier molecular flexibility index (Phi) is 2.73. The number of nitrogens with zero attached hydrogens (tertiary/aromatic N) is 3. The summed E-state index contributed by atoms with van der Waals surface area (Å²) in [6, 6.07) is 3.13. The van der Waals surface area contributed by atoms with Crippen LogP contribution in [0, 0.1) is 12.3 Å². The van der Waals surface area contributed by atoms with E-state index in [4.69, 9.17) is 11.5 Å². The average Bonchev–Trinajstić information content (AvgIpc) is 2.77. The molecule has 0 aromatic carbocycles. The van der Waals surface area contributed by atoms with E-state index in [1.165, 1.54) is 6.07 Å². The van der Waals surface area contributed by atoms with Crippen LogP contribution >= 0.6 is 0 Å². The Bertz CT molecular complexity index is 436. The van der Waals surface area contributed by atoms with E-state index in [0.717, 1.165) is 19.4 Å². The van der Waals surface area contributed by atoms with Crippen LogP contribution < -0.4 is 4.90 Å². The number of aromatic nitrogens is 2. The molecule has 1 N–H and O–H groups in total. The number of carboxylic acids is 1. The van der Waals surface area contributed by atoms with Crippen molar-refractivity contribution in [3.05, 3.63) is 17.8 Å². The van der Waals surface area contributed by atoms with Crippen molar-refractivity contribution in [1.82, 2.24) is 10.2 Å². The average molecular weight is 217 g/mol. The molecular formula is C11H11N3O2. The van der Waals surface area contributed by atoms with Crippen molar-refractivity contribution in [2.24, 2.45) is 0 Å². The molecule has 1 aliphatic rings. The summed E-state index contributed by atoms with van der Waals surface area (Å²) in [5.41, 5.74) is -0.0554. The number of carboxylic acid groups (broad SMARTS) is 1. The van der Waals surface area contributed by atoms with Crippen molar-refractivity contribution in [2.75, 3.05) is 11.4 Å². The maximum absolute atomic E-state index is 10.6. The van der Waals surface area contributed by atoms with E-state index in [1.54, 1.807) is 6.07 Å². The lowest BCUT2D eigenvalue weighted by Crippen LogP contribution is -2.28. The fraction of sp³-hybridized carbons (Fsp3) is 0.364. The molecule has 0 aliphatic carbocycles. The van der Waals surface area contributed by atoms with Gasteiger partial charge in [0.15, 0.2) is 11.5 Å². The van der Waals surface area contributed by atoms with Gasteiger partial charge in [0.25, 0.3) is 0 Å². The van der Waals surface area contributed by atoms with Gasteiger partial charge in [0.1, 0.15) is 0 Å². The van der Waals surface area contributed by atoms with Gasteiger partial charge < -0.3 is 10.0 Å². The van der Waals surface area contributed by atoms with E-state index >= 15 is 0 Å². The Morgan fingerprint density at radius 2 is 2.38 bits per heavy atom. The van der Waals surface area contributed by atoms with E-state index in [1.807, 2.05) is 4.90 Å². The number of terminal acetylenes is 1. The molecular weight excluding hydrogens is 206 g/mol. The molecule has 1 atom stereocenters. The molecule has 5 heteroatoms. The van der Waals surface area contributed by atoms with Crippen LogP contribution in [0.3, 0.4) is 0 Å². The van der Waals surface area contributed by atoms with Crippen LogP contribution in [0.5, 0.6) is 0 Å². The molecule has 16 heavy (non-hydrogen) atoms. The summed E-state index contributed by atoms with van der Waals surface area (Å²) in [5.74, 6) is 2.26. The Morgan fingerprint density at radius 3 is 2.94 bits per heavy atom. The standard InChI is InChI=1S/C11H11N3O2/c1-2-8-4-3-7-14(8)10-6-5-9(11(15)16)12-13-10/h1,5-6,8H,3-4,7H2,(H,15,16). The zero-order valence-electron chi connectivity index (χ0n) is 8.63. The van der Waals surface area contributed by atoms with Crippen LogP contribution in [0.2, 0.25) is 0 Å². The third-order valence-electron chi connectivity index (χ3n) is 2.61. The minimum absolute atomic E-state index is 0.0463. The van der Waals surface area contributed by atoms with Gasteiger partial charge in [-0.15, -0.1) is 16.6 Å². The van der Waals surface area contributed by atoms with Crippen LogP contribution in [0.1, 0.15) is 23.3 Å². The number of hydrogen-bond acceptors (Lipinski definition) is 4. The monoisotopic (exact) mass is 217 g/mol. The third kappa shape index (κ3) is 1.82. The quantitative estimate of drug-likeness (QED) is 0.741. The van der Waals surface area contributed by atoms with E-state index < -0.39 is 5.97 Å². The molecule has 1 aliphatic heterocycles. The summed E-state index contributed by atoms with van der Waals surface area (Å²) < 4.78 is 0. The van der Waals surface area contributed by atoms with Crippen molar-refractivity contribution in [3.8, 4) is 12.3 Å². The van der Waals surface area contributed by atoms with Gasteiger partial charge in [-0.3, -0.25) is 0 Å². The van der Waals surface area contributed by atoms with Crippen molar-refractivity contribution in [2.45, 2.75) is 18.9 Å². The molecule has 0 spiro atoms. The van der Waals surface area contributed by atoms with E-state index in [0.29, 0.717) is 5.82 Å². The highest BCUT2D eigenvalue weighted by Gasteiger charge is 2.24. The van der Waals surface area contributed by atoms with Crippen LogP contribution in [-0.4, -0.2) is 33.9 Å². The summed E-state index contributed by atoms with van der Waals surface area (Å²) in [7, 11) is 0. The molecule has 0 amide bonds. The molecule has 1 fully saturated rings. The van der Waals surface area contributed by atoms with Gasteiger partial charge in [-0.2, -0.15) is 0 Å². The summed E-state index contributed by atoms with van der Waals surface area (Å²) in [4.78, 5) is 12.6. The topological polar surface area (TPSA) is 66.3 Å². The van der Waals surface area contributed by atoms with Crippen LogP contribution in [0.15, 0.2) is 12.1 Å². The Labute approximate surface area is 93.1 Å². The van der Waals surface area contributed by atoms with Crippen LogP contribution in [0.25, 0.3) is 0 Å². The highest BCUT2D eigenvalue weighted by molar-refractivity contribution is 5.85. The minimum Gasteiger partial charge on any atom is -0.476 e. The number of rotatable bonds is 2. The molecule has 0 saturated carbocycles. The normalized spacial score (nSPS) is 19.4. The van der Waals surface area contributed by atoms with Crippen molar-refractivity contribution < 1.29 is 9.90 Å². The predicted molar refractivity (Wildman–Crippen MR) is 58.2 cm³/mol. The lowest BCUT2D eigenvalue weighted by atomic mass is 10.2. The summed E-state index contributed by atoms with van der Waals surface area (Å²) in [5, 5.41) is 16.2. The van der Waals surface area contributed by atoms with Gasteiger partial charge in [-0.25, -0.2) is 4.79 Å². The first-order valence-corrected chi connectivity index (χ1v) is 5.02. The van der Waals surface area contributed by atoms with E-state index in [9.17, 15) is 4.79 Å². The SMILES string of the molecule is C#CC1CCCN1c1ccc(C(=O)O)nn1. The van der Waals surface area contributed by atoms with Gasteiger partial charge in [0, 0.05) is 6.54 Å². The Hall–Kier alpha value is -2.09. The third-order valence-corrected chi connectivity index (χ3v) is 2.61. The van der Waals surface area contributed by atoms with Gasteiger partial charge in [0.2, 0.25) is 0 Å². The first-order chi connectivity index (χ1) is 7.72. The van der Waals surface area contributed by atoms with Gasteiger partial charge in [-0.1, -0.05) is 5.92 Å². The molecule has 0 bridgehead atoms. The minimum atomic E-state index is -1.08. The highest BCUT2D eigenvalue weighted by atomic mass is 16.4. The highest BCUT2D eigenvalue weighted by Crippen LogP contribution is 2.22. The maximum atomic E-state index is 10.6. The molecule has 1 saturated heterocycles. The number of aromatic carboxylic acids is 1. The zero-order valence-corrected chi connectivity index (χ0v) is 8.63. The smallest absolute Gasteiger partial charge is 0.356 e. The summed E-state index contributed by atoms with van der Waals surface area (Å²) in [6.07, 6.45) is 7.37. The largest absolute Gasteiger partial charge is 0.476 e. The molecule has 0 radical (unpaired) electrons. The van der Waals surface area contributed by atoms with Crippen LogP contribution in [0.4, 0.5) is 5.82 Å². The first kappa shape index (κ1) is 10.4. The van der Waals surface area contributed by atoms with Gasteiger partial charge in [0.05, 0.1) is 6.04 Å². The molecule has 82 valence electrons. The van der Waals surface area contributed by atoms with Crippen molar-refractivity contribution >= 4 is 11.8 Å². The molecule has 2 heterocycles. The molecule has 1 unspecified atom stereocenters. The predicted octanol–water partition coefficient (Wildman–Crippen LogP) is 0.777. The molecule has 1 aromatic rings. The fourth-order valence-electron chi connectivity index (χ4n) is 1.81. The number of carbonyl (C=O) groups is 1. The summed E-state index contributed by atoms with van der Waals surface area (Å²) in [6.45, 7) is 0.843. The number of hydrogen-bond donors (Lipinski definition) is 1.